The number of hydrogen-bond donors (Lipinski definition) is 2. The fourth-order valence-electron chi connectivity index (χ4n) is 2.47. The second kappa shape index (κ2) is 11.0. The summed E-state index contributed by atoms with van der Waals surface area (Å²) < 4.78 is 18.5. The van der Waals surface area contributed by atoms with E-state index in [-0.39, 0.29) is 55.5 Å². The normalized spacial score (nSPS) is 13.4. The third kappa shape index (κ3) is 6.22. The van der Waals surface area contributed by atoms with E-state index in [4.69, 9.17) is 10.5 Å². The summed E-state index contributed by atoms with van der Waals surface area (Å²) in [5, 5.41) is 2.47. The fraction of sp³-hybridized carbons (Fsp3) is 0.467. The van der Waals surface area contributed by atoms with Crippen molar-refractivity contribution in [2.24, 2.45) is 5.73 Å². The van der Waals surface area contributed by atoms with Crippen LogP contribution in [0.3, 0.4) is 0 Å². The van der Waals surface area contributed by atoms with Crippen LogP contribution in [0.25, 0.3) is 0 Å². The lowest BCUT2D eigenvalue weighted by Crippen LogP contribution is -2.51. The summed E-state index contributed by atoms with van der Waals surface area (Å²) in [5.74, 6) is -0.374. The van der Waals surface area contributed by atoms with Gasteiger partial charge in [0.25, 0.3) is 0 Å². The van der Waals surface area contributed by atoms with E-state index in [1.165, 1.54) is 19.2 Å². The zero-order chi connectivity index (χ0) is 16.8. The van der Waals surface area contributed by atoms with Gasteiger partial charge in [-0.25, -0.2) is 4.39 Å². The molecule has 1 fully saturated rings. The van der Waals surface area contributed by atoms with Gasteiger partial charge in [-0.2, -0.15) is 0 Å². The number of amides is 2. The Morgan fingerprint density at radius 3 is 2.44 bits per heavy atom. The third-order valence-corrected chi connectivity index (χ3v) is 3.74. The smallest absolute Gasteiger partial charge is 0.242 e. The van der Waals surface area contributed by atoms with Gasteiger partial charge in [0, 0.05) is 32.2 Å². The molecule has 0 saturated carbocycles. The van der Waals surface area contributed by atoms with E-state index in [9.17, 15) is 14.0 Å². The first-order valence-corrected chi connectivity index (χ1v) is 7.38. The summed E-state index contributed by atoms with van der Waals surface area (Å²) in [4.78, 5) is 26.8. The highest BCUT2D eigenvalue weighted by Crippen LogP contribution is 2.29. The van der Waals surface area contributed by atoms with Crippen molar-refractivity contribution < 1.29 is 18.7 Å². The molecule has 7 nitrogen and oxygen atoms in total. The predicted octanol–water partition coefficient (Wildman–Crippen LogP) is 0.401. The molecule has 0 aromatic heterocycles. The summed E-state index contributed by atoms with van der Waals surface area (Å²) >= 11 is 0. The molecule has 1 aromatic carbocycles. The van der Waals surface area contributed by atoms with Crippen molar-refractivity contribution in [3.05, 3.63) is 24.0 Å². The van der Waals surface area contributed by atoms with Crippen LogP contribution in [0.5, 0.6) is 5.75 Å². The van der Waals surface area contributed by atoms with Crippen molar-refractivity contribution in [3.8, 4) is 5.75 Å². The highest BCUT2D eigenvalue weighted by molar-refractivity contribution is 5.86. The average molecular weight is 397 g/mol. The van der Waals surface area contributed by atoms with Crippen LogP contribution in [0, 0.1) is 5.82 Å². The Labute approximate surface area is 158 Å². The number of nitrogens with one attached hydrogen (secondary N) is 1. The molecule has 1 aromatic rings. The average Bonchev–Trinajstić information content (AvgIpc) is 2.59. The molecule has 2 amide bonds. The Balaban J connectivity index is 0.00000288. The van der Waals surface area contributed by atoms with E-state index < -0.39 is 0 Å². The van der Waals surface area contributed by atoms with Gasteiger partial charge in [0.05, 0.1) is 25.9 Å². The minimum atomic E-state index is -0.354. The Morgan fingerprint density at radius 2 is 1.88 bits per heavy atom. The number of halogens is 3. The fourth-order valence-corrected chi connectivity index (χ4v) is 2.47. The molecule has 0 aliphatic carbocycles. The van der Waals surface area contributed by atoms with Crippen LogP contribution in [0.15, 0.2) is 18.2 Å². The minimum Gasteiger partial charge on any atom is -0.494 e. The first-order valence-electron chi connectivity index (χ1n) is 7.38. The number of methoxy groups -OCH3 is 1. The minimum absolute atomic E-state index is 0. The topological polar surface area (TPSA) is 87.9 Å². The van der Waals surface area contributed by atoms with Gasteiger partial charge in [-0.15, -0.1) is 24.8 Å². The third-order valence-electron chi connectivity index (χ3n) is 3.74. The summed E-state index contributed by atoms with van der Waals surface area (Å²) in [6.07, 6.45) is 0. The van der Waals surface area contributed by atoms with Gasteiger partial charge >= 0.3 is 0 Å². The van der Waals surface area contributed by atoms with Gasteiger partial charge in [-0.05, 0) is 12.1 Å². The molecule has 0 atom stereocenters. The lowest BCUT2D eigenvalue weighted by Gasteiger charge is -2.36. The number of ether oxygens (including phenoxy) is 1. The molecule has 1 heterocycles. The Kier molecular flexibility index (Phi) is 10.2. The van der Waals surface area contributed by atoms with E-state index >= 15 is 0 Å². The molecule has 0 radical (unpaired) electrons. The number of rotatable bonds is 5. The van der Waals surface area contributed by atoms with Gasteiger partial charge in [0.2, 0.25) is 11.8 Å². The Bertz CT molecular complexity index is 584. The molecule has 1 aliphatic rings. The largest absolute Gasteiger partial charge is 0.494 e. The molecule has 1 saturated heterocycles. The standard InChI is InChI=1S/C15H21FN4O3.2ClH/c1-23-13-8-11(16)2-3-12(13)19-4-6-20(7-5-19)15(22)10-18-14(21)9-17;;/h2-3,8H,4-7,9-10,17H2,1H3,(H,18,21);2*1H. The summed E-state index contributed by atoms with van der Waals surface area (Å²) in [7, 11) is 1.50. The van der Waals surface area contributed by atoms with E-state index in [1.807, 2.05) is 4.90 Å². The van der Waals surface area contributed by atoms with Gasteiger partial charge in [-0.1, -0.05) is 0 Å². The quantitative estimate of drug-likeness (QED) is 0.751. The maximum atomic E-state index is 13.3. The molecule has 0 unspecified atom stereocenters. The lowest BCUT2D eigenvalue weighted by atomic mass is 10.2. The Hall–Kier alpha value is -1.77. The number of carbonyl (C=O) groups is 2. The Morgan fingerprint density at radius 1 is 1.24 bits per heavy atom. The zero-order valence-corrected chi connectivity index (χ0v) is 15.5. The van der Waals surface area contributed by atoms with Crippen molar-refractivity contribution in [1.82, 2.24) is 10.2 Å². The second-order valence-corrected chi connectivity index (χ2v) is 5.16. The number of benzene rings is 1. The number of nitrogens with two attached hydrogens (primary N) is 1. The van der Waals surface area contributed by atoms with E-state index in [0.29, 0.717) is 31.9 Å². The maximum Gasteiger partial charge on any atom is 0.242 e. The number of anilines is 1. The highest BCUT2D eigenvalue weighted by Gasteiger charge is 2.23. The van der Waals surface area contributed by atoms with Crippen LogP contribution < -0.4 is 20.7 Å². The van der Waals surface area contributed by atoms with Crippen molar-refractivity contribution in [1.29, 1.82) is 0 Å². The van der Waals surface area contributed by atoms with E-state index in [2.05, 4.69) is 5.32 Å². The lowest BCUT2D eigenvalue weighted by molar-refractivity contribution is -0.132. The molecule has 142 valence electrons. The van der Waals surface area contributed by atoms with Crippen LogP contribution >= 0.6 is 24.8 Å². The molecule has 0 bridgehead atoms. The number of carbonyl (C=O) groups excluding carboxylic acids is 2. The van der Waals surface area contributed by atoms with Crippen LogP contribution in [-0.4, -0.2) is 63.1 Å². The summed E-state index contributed by atoms with van der Waals surface area (Å²) in [6, 6.07) is 4.40. The molecule has 1 aliphatic heterocycles. The molecule has 2 rings (SSSR count). The van der Waals surface area contributed by atoms with Crippen molar-refractivity contribution in [3.63, 3.8) is 0 Å². The van der Waals surface area contributed by atoms with E-state index in [1.54, 1.807) is 11.0 Å². The monoisotopic (exact) mass is 396 g/mol. The van der Waals surface area contributed by atoms with Crippen LogP contribution in [-0.2, 0) is 9.59 Å². The zero-order valence-electron chi connectivity index (χ0n) is 13.9. The van der Waals surface area contributed by atoms with Crippen LogP contribution in [0.4, 0.5) is 10.1 Å². The maximum absolute atomic E-state index is 13.3. The predicted molar refractivity (Wildman–Crippen MR) is 98.3 cm³/mol. The van der Waals surface area contributed by atoms with Gasteiger partial charge < -0.3 is 25.6 Å². The molecular formula is C15H23Cl2FN4O3. The number of piperazine rings is 1. The second-order valence-electron chi connectivity index (χ2n) is 5.16. The van der Waals surface area contributed by atoms with Gasteiger partial charge in [0.1, 0.15) is 11.6 Å². The first kappa shape index (κ1) is 23.2. The van der Waals surface area contributed by atoms with E-state index in [0.717, 1.165) is 5.69 Å². The summed E-state index contributed by atoms with van der Waals surface area (Å²) in [5.41, 5.74) is 5.98. The summed E-state index contributed by atoms with van der Waals surface area (Å²) in [6.45, 7) is 2.09. The molecule has 10 heteroatoms. The van der Waals surface area contributed by atoms with Crippen molar-refractivity contribution in [2.75, 3.05) is 51.3 Å². The molecular weight excluding hydrogens is 374 g/mol. The van der Waals surface area contributed by atoms with Crippen LogP contribution in [0.1, 0.15) is 0 Å². The molecule has 3 N–H and O–H groups in total. The van der Waals surface area contributed by atoms with Gasteiger partial charge in [-0.3, -0.25) is 9.59 Å². The number of hydrogen-bond acceptors (Lipinski definition) is 5. The first-order chi connectivity index (χ1) is 11.0. The SMILES string of the molecule is COc1cc(F)ccc1N1CCN(C(=O)CNC(=O)CN)CC1.Cl.Cl. The van der Waals surface area contributed by atoms with Crippen LogP contribution in [0.2, 0.25) is 0 Å². The van der Waals surface area contributed by atoms with Crippen molar-refractivity contribution >= 4 is 42.3 Å². The highest BCUT2D eigenvalue weighted by atomic mass is 35.5. The molecule has 25 heavy (non-hydrogen) atoms. The number of nitrogens with zero attached hydrogens (tertiary/aromatic N) is 2. The molecule has 0 spiro atoms. The van der Waals surface area contributed by atoms with Crippen molar-refractivity contribution in [2.45, 2.75) is 0 Å². The van der Waals surface area contributed by atoms with Gasteiger partial charge in [0.15, 0.2) is 0 Å².